The Bertz CT molecular complexity index is 680. The zero-order valence-corrected chi connectivity index (χ0v) is 13.0. The van der Waals surface area contributed by atoms with Crippen LogP contribution in [0.2, 0.25) is 0 Å². The second kappa shape index (κ2) is 4.76. The third kappa shape index (κ3) is 2.12. The van der Waals surface area contributed by atoms with E-state index in [1.54, 1.807) is 4.68 Å². The lowest BCUT2D eigenvalue weighted by molar-refractivity contribution is 0.0689. The van der Waals surface area contributed by atoms with E-state index >= 15 is 0 Å². The molecule has 2 aromatic rings. The number of aromatic carboxylic acids is 1. The summed E-state index contributed by atoms with van der Waals surface area (Å²) in [5.74, 6) is -0.954. The standard InChI is InChI=1S/C13H10Br2N2O2/c14-7-4-5-11(9(15)6-7)17-10-3-1-2-8(10)12(16-17)13(18)19/h4-6H,1-3H2,(H,18,19). The van der Waals surface area contributed by atoms with Gasteiger partial charge in [0.05, 0.1) is 5.69 Å². The summed E-state index contributed by atoms with van der Waals surface area (Å²) in [6.07, 6.45) is 2.66. The number of carboxylic acid groups (broad SMARTS) is 1. The van der Waals surface area contributed by atoms with Gasteiger partial charge < -0.3 is 5.11 Å². The molecule has 0 saturated carbocycles. The molecule has 1 aromatic carbocycles. The predicted molar refractivity (Wildman–Crippen MR) is 77.9 cm³/mol. The number of rotatable bonds is 2. The summed E-state index contributed by atoms with van der Waals surface area (Å²) < 4.78 is 3.60. The molecular formula is C13H10Br2N2O2. The highest BCUT2D eigenvalue weighted by molar-refractivity contribution is 9.11. The Morgan fingerprint density at radius 1 is 1.32 bits per heavy atom. The lowest BCUT2D eigenvalue weighted by Gasteiger charge is -2.08. The van der Waals surface area contributed by atoms with Crippen molar-refractivity contribution in [1.82, 2.24) is 9.78 Å². The van der Waals surface area contributed by atoms with Gasteiger partial charge in [0, 0.05) is 20.2 Å². The molecule has 0 saturated heterocycles. The number of hydrogen-bond donors (Lipinski definition) is 1. The topological polar surface area (TPSA) is 55.1 Å². The third-order valence-electron chi connectivity index (χ3n) is 3.27. The molecule has 0 aliphatic heterocycles. The fourth-order valence-electron chi connectivity index (χ4n) is 2.46. The minimum Gasteiger partial charge on any atom is -0.476 e. The van der Waals surface area contributed by atoms with Gasteiger partial charge in [-0.1, -0.05) is 15.9 Å². The summed E-state index contributed by atoms with van der Waals surface area (Å²) >= 11 is 6.91. The van der Waals surface area contributed by atoms with Gasteiger partial charge in [-0.15, -0.1) is 0 Å². The van der Waals surface area contributed by atoms with Crippen LogP contribution in [0.1, 0.15) is 28.2 Å². The fourth-order valence-corrected chi connectivity index (χ4v) is 3.68. The Morgan fingerprint density at radius 2 is 2.11 bits per heavy atom. The molecule has 4 nitrogen and oxygen atoms in total. The van der Waals surface area contributed by atoms with Crippen LogP contribution in [0.25, 0.3) is 5.69 Å². The normalized spacial score (nSPS) is 13.6. The molecule has 1 heterocycles. The molecule has 0 spiro atoms. The first-order valence-corrected chi connectivity index (χ1v) is 7.46. The van der Waals surface area contributed by atoms with Gasteiger partial charge in [0.1, 0.15) is 0 Å². The summed E-state index contributed by atoms with van der Waals surface area (Å²) in [6.45, 7) is 0. The van der Waals surface area contributed by atoms with Gasteiger partial charge >= 0.3 is 5.97 Å². The van der Waals surface area contributed by atoms with E-state index in [2.05, 4.69) is 37.0 Å². The highest BCUT2D eigenvalue weighted by Gasteiger charge is 2.27. The van der Waals surface area contributed by atoms with Crippen molar-refractivity contribution in [3.63, 3.8) is 0 Å². The minimum absolute atomic E-state index is 0.183. The average Bonchev–Trinajstić information content (AvgIpc) is 2.90. The van der Waals surface area contributed by atoms with Crippen LogP contribution >= 0.6 is 31.9 Å². The Hall–Kier alpha value is -1.14. The van der Waals surface area contributed by atoms with Crippen molar-refractivity contribution < 1.29 is 9.90 Å². The molecule has 3 rings (SSSR count). The van der Waals surface area contributed by atoms with Crippen LogP contribution in [0.3, 0.4) is 0 Å². The smallest absolute Gasteiger partial charge is 0.356 e. The number of benzene rings is 1. The number of nitrogens with zero attached hydrogens (tertiary/aromatic N) is 2. The van der Waals surface area contributed by atoms with E-state index in [1.165, 1.54) is 0 Å². The molecule has 0 bridgehead atoms. The maximum Gasteiger partial charge on any atom is 0.356 e. The van der Waals surface area contributed by atoms with Gasteiger partial charge in [-0.05, 0) is 53.4 Å². The van der Waals surface area contributed by atoms with E-state index < -0.39 is 5.97 Å². The van der Waals surface area contributed by atoms with Gasteiger partial charge in [-0.3, -0.25) is 0 Å². The number of hydrogen-bond acceptors (Lipinski definition) is 2. The molecule has 1 aromatic heterocycles. The number of fused-ring (bicyclic) bond motifs is 1. The highest BCUT2D eigenvalue weighted by Crippen LogP contribution is 2.31. The maximum absolute atomic E-state index is 11.2. The lowest BCUT2D eigenvalue weighted by atomic mass is 10.2. The number of carboxylic acids is 1. The molecule has 98 valence electrons. The van der Waals surface area contributed by atoms with Crippen molar-refractivity contribution in [1.29, 1.82) is 0 Å². The Labute approximate surface area is 126 Å². The first-order chi connectivity index (χ1) is 9.08. The second-order valence-electron chi connectivity index (χ2n) is 4.44. The molecule has 0 amide bonds. The first-order valence-electron chi connectivity index (χ1n) is 5.87. The molecule has 1 aliphatic rings. The first kappa shape index (κ1) is 12.9. The van der Waals surface area contributed by atoms with E-state index in [9.17, 15) is 9.90 Å². The monoisotopic (exact) mass is 384 g/mol. The Kier molecular flexibility index (Phi) is 3.22. The van der Waals surface area contributed by atoms with Crippen molar-refractivity contribution in [2.75, 3.05) is 0 Å². The molecule has 0 radical (unpaired) electrons. The second-order valence-corrected chi connectivity index (χ2v) is 6.21. The van der Waals surface area contributed by atoms with E-state index in [-0.39, 0.29) is 5.69 Å². The van der Waals surface area contributed by atoms with Gasteiger partial charge in [0.2, 0.25) is 0 Å². The highest BCUT2D eigenvalue weighted by atomic mass is 79.9. The van der Waals surface area contributed by atoms with Gasteiger partial charge in [0.15, 0.2) is 5.69 Å². The summed E-state index contributed by atoms with van der Waals surface area (Å²) in [5.41, 5.74) is 2.94. The van der Waals surface area contributed by atoms with Crippen molar-refractivity contribution in [3.8, 4) is 5.69 Å². The van der Waals surface area contributed by atoms with Crippen LogP contribution in [0.4, 0.5) is 0 Å². The van der Waals surface area contributed by atoms with Crippen LogP contribution < -0.4 is 0 Å². The van der Waals surface area contributed by atoms with Crippen molar-refractivity contribution >= 4 is 37.8 Å². The van der Waals surface area contributed by atoms with E-state index in [0.29, 0.717) is 0 Å². The SMILES string of the molecule is O=C(O)c1nn(-c2ccc(Br)cc2Br)c2c1CCC2. The van der Waals surface area contributed by atoms with E-state index in [0.717, 1.165) is 45.2 Å². The molecular weight excluding hydrogens is 376 g/mol. The van der Waals surface area contributed by atoms with Crippen LogP contribution in [0.15, 0.2) is 27.1 Å². The average molecular weight is 386 g/mol. The van der Waals surface area contributed by atoms with E-state index in [4.69, 9.17) is 0 Å². The van der Waals surface area contributed by atoms with Crippen LogP contribution in [0, 0.1) is 0 Å². The molecule has 1 aliphatic carbocycles. The van der Waals surface area contributed by atoms with Gasteiger partial charge in [0.25, 0.3) is 0 Å². The third-order valence-corrected chi connectivity index (χ3v) is 4.40. The summed E-state index contributed by atoms with van der Waals surface area (Å²) in [4.78, 5) is 11.2. The van der Waals surface area contributed by atoms with Crippen LogP contribution in [-0.4, -0.2) is 20.9 Å². The van der Waals surface area contributed by atoms with Crippen molar-refractivity contribution in [2.45, 2.75) is 19.3 Å². The number of carbonyl (C=O) groups is 1. The minimum atomic E-state index is -0.954. The zero-order chi connectivity index (χ0) is 13.6. The summed E-state index contributed by atoms with van der Waals surface area (Å²) in [7, 11) is 0. The summed E-state index contributed by atoms with van der Waals surface area (Å²) in [5, 5.41) is 13.5. The number of aromatic nitrogens is 2. The Morgan fingerprint density at radius 3 is 2.79 bits per heavy atom. The molecule has 0 unspecified atom stereocenters. The molecule has 1 N–H and O–H groups in total. The lowest BCUT2D eigenvalue weighted by Crippen LogP contribution is -2.05. The largest absolute Gasteiger partial charge is 0.476 e. The molecule has 0 atom stereocenters. The fraction of sp³-hybridized carbons (Fsp3) is 0.231. The Balaban J connectivity index is 2.21. The molecule has 19 heavy (non-hydrogen) atoms. The predicted octanol–water partition coefficient (Wildman–Crippen LogP) is 3.58. The van der Waals surface area contributed by atoms with Crippen molar-refractivity contribution in [2.24, 2.45) is 0 Å². The maximum atomic E-state index is 11.2. The zero-order valence-electron chi connectivity index (χ0n) is 9.86. The summed E-state index contributed by atoms with van der Waals surface area (Å²) in [6, 6.07) is 5.77. The van der Waals surface area contributed by atoms with Gasteiger partial charge in [-0.25, -0.2) is 9.48 Å². The molecule has 0 fully saturated rings. The van der Waals surface area contributed by atoms with Crippen LogP contribution in [0.5, 0.6) is 0 Å². The van der Waals surface area contributed by atoms with Crippen molar-refractivity contribution in [3.05, 3.63) is 44.1 Å². The van der Waals surface area contributed by atoms with E-state index in [1.807, 2.05) is 18.2 Å². The quantitative estimate of drug-likeness (QED) is 0.859. The van der Waals surface area contributed by atoms with Crippen LogP contribution in [-0.2, 0) is 12.8 Å². The molecule has 6 heteroatoms. The van der Waals surface area contributed by atoms with Gasteiger partial charge in [-0.2, -0.15) is 5.10 Å². The number of halogens is 2.